The van der Waals surface area contributed by atoms with Crippen LogP contribution in [0.25, 0.3) is 0 Å². The maximum absolute atomic E-state index is 9.33. The Morgan fingerprint density at radius 2 is 2.24 bits per heavy atom. The smallest absolute Gasteiger partial charge is 0.138 e. The summed E-state index contributed by atoms with van der Waals surface area (Å²) in [7, 11) is 0. The molecule has 1 aromatic rings. The molecule has 0 spiro atoms. The van der Waals surface area contributed by atoms with Crippen LogP contribution in [0.5, 0.6) is 5.75 Å². The standard InChI is InChI=1S/C13H18ClNO2/c1-8-2-5-11(10(14)6-8)17-12(7-16)13(15)9-3-4-9/h2,5-6,9,12-13,16H,3-4,7,15H2,1H3. The average molecular weight is 256 g/mol. The van der Waals surface area contributed by atoms with E-state index in [0.717, 1.165) is 18.4 Å². The van der Waals surface area contributed by atoms with Gasteiger partial charge in [0.1, 0.15) is 11.9 Å². The highest BCUT2D eigenvalue weighted by atomic mass is 35.5. The lowest BCUT2D eigenvalue weighted by atomic mass is 10.1. The summed E-state index contributed by atoms with van der Waals surface area (Å²) in [5, 5.41) is 9.89. The van der Waals surface area contributed by atoms with Crippen molar-refractivity contribution in [3.8, 4) is 5.75 Å². The first-order valence-corrected chi connectivity index (χ1v) is 6.29. The number of halogens is 1. The fourth-order valence-electron chi connectivity index (χ4n) is 1.89. The number of rotatable bonds is 5. The lowest BCUT2D eigenvalue weighted by Gasteiger charge is -2.23. The maximum atomic E-state index is 9.33. The van der Waals surface area contributed by atoms with Crippen LogP contribution in [-0.4, -0.2) is 23.9 Å². The van der Waals surface area contributed by atoms with Crippen LogP contribution in [0.3, 0.4) is 0 Å². The van der Waals surface area contributed by atoms with Gasteiger partial charge in [-0.2, -0.15) is 0 Å². The molecule has 1 saturated carbocycles. The van der Waals surface area contributed by atoms with Gasteiger partial charge in [-0.15, -0.1) is 0 Å². The van der Waals surface area contributed by atoms with Gasteiger partial charge in [-0.3, -0.25) is 0 Å². The molecule has 17 heavy (non-hydrogen) atoms. The molecular formula is C13H18ClNO2. The maximum Gasteiger partial charge on any atom is 0.138 e. The van der Waals surface area contributed by atoms with Gasteiger partial charge in [0.15, 0.2) is 0 Å². The van der Waals surface area contributed by atoms with Gasteiger partial charge in [0.05, 0.1) is 11.6 Å². The Kier molecular flexibility index (Phi) is 3.92. The fraction of sp³-hybridized carbons (Fsp3) is 0.538. The van der Waals surface area contributed by atoms with Gasteiger partial charge < -0.3 is 15.6 Å². The highest BCUT2D eigenvalue weighted by molar-refractivity contribution is 6.32. The minimum Gasteiger partial charge on any atom is -0.485 e. The highest BCUT2D eigenvalue weighted by Gasteiger charge is 2.35. The van der Waals surface area contributed by atoms with E-state index in [9.17, 15) is 5.11 Å². The molecule has 0 radical (unpaired) electrons. The Labute approximate surface area is 107 Å². The molecule has 1 aromatic carbocycles. The Balaban J connectivity index is 2.06. The second-order valence-electron chi connectivity index (χ2n) is 4.69. The van der Waals surface area contributed by atoms with Crippen LogP contribution >= 0.6 is 11.6 Å². The van der Waals surface area contributed by atoms with E-state index in [4.69, 9.17) is 22.1 Å². The Hall–Kier alpha value is -0.770. The van der Waals surface area contributed by atoms with Crippen molar-refractivity contribution in [2.24, 2.45) is 11.7 Å². The minimum absolute atomic E-state index is 0.0815. The quantitative estimate of drug-likeness (QED) is 0.848. The predicted molar refractivity (Wildman–Crippen MR) is 68.4 cm³/mol. The number of ether oxygens (including phenoxy) is 1. The molecule has 4 heteroatoms. The van der Waals surface area contributed by atoms with Crippen LogP contribution in [0.2, 0.25) is 5.02 Å². The predicted octanol–water partition coefficient (Wildman–Crippen LogP) is 2.13. The van der Waals surface area contributed by atoms with Crippen molar-refractivity contribution in [1.29, 1.82) is 0 Å². The third-order valence-corrected chi connectivity index (χ3v) is 3.44. The topological polar surface area (TPSA) is 55.5 Å². The summed E-state index contributed by atoms with van der Waals surface area (Å²) in [5.41, 5.74) is 7.11. The summed E-state index contributed by atoms with van der Waals surface area (Å²) in [4.78, 5) is 0. The van der Waals surface area contributed by atoms with E-state index >= 15 is 0 Å². The molecule has 0 aliphatic heterocycles. The molecule has 94 valence electrons. The number of aliphatic hydroxyl groups is 1. The van der Waals surface area contributed by atoms with E-state index < -0.39 is 0 Å². The first-order chi connectivity index (χ1) is 8.11. The van der Waals surface area contributed by atoms with Crippen LogP contribution in [0.1, 0.15) is 18.4 Å². The van der Waals surface area contributed by atoms with Crippen molar-refractivity contribution in [3.05, 3.63) is 28.8 Å². The normalized spacial score (nSPS) is 18.8. The number of benzene rings is 1. The lowest BCUT2D eigenvalue weighted by Crippen LogP contribution is -2.43. The zero-order chi connectivity index (χ0) is 12.4. The van der Waals surface area contributed by atoms with Crippen molar-refractivity contribution in [2.75, 3.05) is 6.61 Å². The summed E-state index contributed by atoms with van der Waals surface area (Å²) in [6, 6.07) is 5.48. The van der Waals surface area contributed by atoms with Gasteiger partial charge >= 0.3 is 0 Å². The SMILES string of the molecule is Cc1ccc(OC(CO)C(N)C2CC2)c(Cl)c1. The van der Waals surface area contributed by atoms with E-state index in [2.05, 4.69) is 0 Å². The van der Waals surface area contributed by atoms with Gasteiger partial charge in [0, 0.05) is 6.04 Å². The van der Waals surface area contributed by atoms with Crippen LogP contribution < -0.4 is 10.5 Å². The Morgan fingerprint density at radius 3 is 2.76 bits per heavy atom. The van der Waals surface area contributed by atoms with Gasteiger partial charge in [-0.1, -0.05) is 17.7 Å². The summed E-state index contributed by atoms with van der Waals surface area (Å²) in [5.74, 6) is 1.07. The molecule has 2 unspecified atom stereocenters. The van der Waals surface area contributed by atoms with Crippen LogP contribution in [-0.2, 0) is 0 Å². The molecular weight excluding hydrogens is 238 g/mol. The number of nitrogens with two attached hydrogens (primary N) is 1. The number of hydrogen-bond acceptors (Lipinski definition) is 3. The molecule has 0 saturated heterocycles. The van der Waals surface area contributed by atoms with Gasteiger partial charge in [-0.25, -0.2) is 0 Å². The van der Waals surface area contributed by atoms with Crippen molar-refractivity contribution >= 4 is 11.6 Å². The van der Waals surface area contributed by atoms with Crippen molar-refractivity contribution < 1.29 is 9.84 Å². The number of aliphatic hydroxyl groups excluding tert-OH is 1. The molecule has 0 bridgehead atoms. The van der Waals surface area contributed by atoms with E-state index in [1.54, 1.807) is 0 Å². The number of hydrogen-bond donors (Lipinski definition) is 2. The van der Waals surface area contributed by atoms with Crippen LogP contribution in [0.4, 0.5) is 0 Å². The van der Waals surface area contributed by atoms with E-state index in [0.29, 0.717) is 16.7 Å². The lowest BCUT2D eigenvalue weighted by molar-refractivity contribution is 0.0883. The van der Waals surface area contributed by atoms with Gasteiger partial charge in [0.2, 0.25) is 0 Å². The molecule has 1 aliphatic carbocycles. The largest absolute Gasteiger partial charge is 0.485 e. The minimum atomic E-state index is -0.372. The van der Waals surface area contributed by atoms with Crippen molar-refractivity contribution in [3.63, 3.8) is 0 Å². The first kappa shape index (κ1) is 12.7. The average Bonchev–Trinajstić information content (AvgIpc) is 3.11. The molecule has 0 heterocycles. The summed E-state index contributed by atoms with van der Waals surface area (Å²) >= 11 is 6.08. The van der Waals surface area contributed by atoms with E-state index in [1.807, 2.05) is 25.1 Å². The molecule has 0 aromatic heterocycles. The second kappa shape index (κ2) is 5.25. The fourth-order valence-corrected chi connectivity index (χ4v) is 2.17. The molecule has 1 fully saturated rings. The molecule has 1 aliphatic rings. The van der Waals surface area contributed by atoms with E-state index in [-0.39, 0.29) is 18.8 Å². The van der Waals surface area contributed by atoms with Gasteiger partial charge in [-0.05, 0) is 43.4 Å². The second-order valence-corrected chi connectivity index (χ2v) is 5.09. The Bertz CT molecular complexity index is 393. The van der Waals surface area contributed by atoms with E-state index in [1.165, 1.54) is 0 Å². The highest BCUT2D eigenvalue weighted by Crippen LogP contribution is 2.34. The zero-order valence-electron chi connectivity index (χ0n) is 9.90. The number of aryl methyl sites for hydroxylation is 1. The third-order valence-electron chi connectivity index (χ3n) is 3.14. The molecule has 0 amide bonds. The van der Waals surface area contributed by atoms with Crippen LogP contribution in [0, 0.1) is 12.8 Å². The first-order valence-electron chi connectivity index (χ1n) is 5.91. The summed E-state index contributed by atoms with van der Waals surface area (Å²) < 4.78 is 5.71. The molecule has 2 atom stereocenters. The summed E-state index contributed by atoms with van der Waals surface area (Å²) in [6.07, 6.45) is 1.88. The van der Waals surface area contributed by atoms with Crippen molar-refractivity contribution in [1.82, 2.24) is 0 Å². The monoisotopic (exact) mass is 255 g/mol. The summed E-state index contributed by atoms with van der Waals surface area (Å²) in [6.45, 7) is 1.89. The molecule has 2 rings (SSSR count). The van der Waals surface area contributed by atoms with Gasteiger partial charge in [0.25, 0.3) is 0 Å². The molecule has 3 nitrogen and oxygen atoms in total. The van der Waals surface area contributed by atoms with Crippen molar-refractivity contribution in [2.45, 2.75) is 31.9 Å². The Morgan fingerprint density at radius 1 is 1.53 bits per heavy atom. The molecule has 3 N–H and O–H groups in total. The zero-order valence-corrected chi connectivity index (χ0v) is 10.7. The third kappa shape index (κ3) is 3.12. The van der Waals surface area contributed by atoms with Crippen LogP contribution in [0.15, 0.2) is 18.2 Å².